The molecule has 1 unspecified atom stereocenters. The minimum atomic E-state index is 0. The van der Waals surface area contributed by atoms with Gasteiger partial charge in [-0.1, -0.05) is 12.8 Å². The number of halogens is 1. The van der Waals surface area contributed by atoms with E-state index in [0.717, 1.165) is 44.2 Å². The molecule has 1 saturated carbocycles. The number of nitrogens with one attached hydrogen (secondary N) is 2. The molecule has 1 aromatic heterocycles. The third-order valence-corrected chi connectivity index (χ3v) is 5.29. The second-order valence-corrected chi connectivity index (χ2v) is 7.63. The Kier molecular flexibility index (Phi) is 8.03. The van der Waals surface area contributed by atoms with Crippen molar-refractivity contribution in [3.05, 3.63) is 17.5 Å². The van der Waals surface area contributed by atoms with E-state index in [1.54, 1.807) is 0 Å². The Morgan fingerprint density at radius 3 is 2.76 bits per heavy atom. The van der Waals surface area contributed by atoms with Crippen LogP contribution in [0.15, 0.2) is 11.2 Å². The van der Waals surface area contributed by atoms with Crippen LogP contribution in [0, 0.1) is 5.92 Å². The summed E-state index contributed by atoms with van der Waals surface area (Å²) in [5, 5.41) is 11.8. The van der Waals surface area contributed by atoms with Crippen molar-refractivity contribution in [1.82, 2.24) is 20.4 Å². The molecular weight excluding hydrogens is 425 g/mol. The summed E-state index contributed by atoms with van der Waals surface area (Å²) in [5.41, 5.74) is 2.69. The van der Waals surface area contributed by atoms with Crippen molar-refractivity contribution in [2.24, 2.45) is 10.9 Å². The molecule has 142 valence electrons. The van der Waals surface area contributed by atoms with Crippen molar-refractivity contribution < 1.29 is 0 Å². The van der Waals surface area contributed by atoms with Gasteiger partial charge in [-0.3, -0.25) is 9.67 Å². The Balaban J connectivity index is 0.00000225. The largest absolute Gasteiger partial charge is 0.357 e. The normalized spacial score (nSPS) is 21.1. The predicted octanol–water partition coefficient (Wildman–Crippen LogP) is 3.68. The maximum atomic E-state index is 4.85. The lowest BCUT2D eigenvalue weighted by molar-refractivity contribution is 0.497. The van der Waals surface area contributed by atoms with Crippen LogP contribution in [-0.2, 0) is 12.8 Å². The fourth-order valence-corrected chi connectivity index (χ4v) is 3.83. The molecule has 25 heavy (non-hydrogen) atoms. The van der Waals surface area contributed by atoms with Crippen LogP contribution in [0.1, 0.15) is 70.2 Å². The van der Waals surface area contributed by atoms with Crippen molar-refractivity contribution >= 4 is 29.9 Å². The summed E-state index contributed by atoms with van der Waals surface area (Å²) >= 11 is 0. The number of hydrogen-bond donors (Lipinski definition) is 2. The molecule has 0 amide bonds. The summed E-state index contributed by atoms with van der Waals surface area (Å²) in [6.07, 6.45) is 11.0. The first-order valence-electron chi connectivity index (χ1n) is 9.77. The molecule has 3 rings (SSSR count). The second-order valence-electron chi connectivity index (χ2n) is 7.63. The van der Waals surface area contributed by atoms with Gasteiger partial charge >= 0.3 is 0 Å². The first-order chi connectivity index (χ1) is 11.7. The van der Waals surface area contributed by atoms with E-state index >= 15 is 0 Å². The van der Waals surface area contributed by atoms with Crippen molar-refractivity contribution in [2.45, 2.75) is 77.8 Å². The van der Waals surface area contributed by atoms with Crippen molar-refractivity contribution in [3.63, 3.8) is 0 Å². The number of aromatic nitrogens is 2. The van der Waals surface area contributed by atoms with Gasteiger partial charge < -0.3 is 10.6 Å². The van der Waals surface area contributed by atoms with E-state index in [4.69, 9.17) is 10.1 Å². The topological polar surface area (TPSA) is 54.2 Å². The van der Waals surface area contributed by atoms with E-state index in [2.05, 4.69) is 42.3 Å². The number of aryl methyl sites for hydroxylation is 1. The molecule has 0 radical (unpaired) electrons. The lowest BCUT2D eigenvalue weighted by Gasteiger charge is -2.24. The number of fused-ring (bicyclic) bond motifs is 1. The zero-order valence-electron chi connectivity index (χ0n) is 15.9. The first-order valence-corrected chi connectivity index (χ1v) is 9.77. The van der Waals surface area contributed by atoms with Gasteiger partial charge in [-0.05, 0) is 57.9 Å². The van der Waals surface area contributed by atoms with Gasteiger partial charge in [0.05, 0.1) is 5.69 Å². The minimum Gasteiger partial charge on any atom is -0.357 e. The van der Waals surface area contributed by atoms with Crippen LogP contribution < -0.4 is 10.6 Å². The highest BCUT2D eigenvalue weighted by atomic mass is 127. The Labute approximate surface area is 169 Å². The van der Waals surface area contributed by atoms with E-state index in [-0.39, 0.29) is 24.0 Å². The van der Waals surface area contributed by atoms with Crippen LogP contribution >= 0.6 is 24.0 Å². The average Bonchev–Trinajstić information content (AvgIpc) is 3.21. The van der Waals surface area contributed by atoms with Crippen molar-refractivity contribution in [3.8, 4) is 0 Å². The van der Waals surface area contributed by atoms with Gasteiger partial charge in [0.25, 0.3) is 0 Å². The Morgan fingerprint density at radius 2 is 2.08 bits per heavy atom. The molecule has 1 aromatic rings. The highest BCUT2D eigenvalue weighted by molar-refractivity contribution is 14.0. The number of hydrogen-bond acceptors (Lipinski definition) is 2. The van der Waals surface area contributed by atoms with Gasteiger partial charge in [0.1, 0.15) is 0 Å². The van der Waals surface area contributed by atoms with Crippen LogP contribution in [0.25, 0.3) is 0 Å². The average molecular weight is 459 g/mol. The minimum absolute atomic E-state index is 0. The SMILES string of the molecule is CCNC(=NCC1CCCC1)NC1CCc2cn(C(C)C)nc2C1.I. The third kappa shape index (κ3) is 5.59. The van der Waals surface area contributed by atoms with Crippen LogP contribution in [0.4, 0.5) is 0 Å². The summed E-state index contributed by atoms with van der Waals surface area (Å²) in [6, 6.07) is 0.877. The van der Waals surface area contributed by atoms with Gasteiger partial charge in [0.2, 0.25) is 0 Å². The number of aliphatic imine (C=N–C) groups is 1. The van der Waals surface area contributed by atoms with Gasteiger partial charge in [-0.15, -0.1) is 24.0 Å². The number of rotatable bonds is 5. The molecule has 2 N–H and O–H groups in total. The monoisotopic (exact) mass is 459 g/mol. The van der Waals surface area contributed by atoms with E-state index in [1.165, 1.54) is 36.9 Å². The summed E-state index contributed by atoms with van der Waals surface area (Å²) in [5.74, 6) is 1.78. The molecular formula is C19H34IN5. The molecule has 0 aliphatic heterocycles. The quantitative estimate of drug-likeness (QED) is 0.401. The van der Waals surface area contributed by atoms with E-state index in [0.29, 0.717) is 12.1 Å². The molecule has 1 heterocycles. The number of guanidine groups is 1. The molecule has 2 aliphatic rings. The maximum Gasteiger partial charge on any atom is 0.191 e. The number of nitrogens with zero attached hydrogens (tertiary/aromatic N) is 3. The fraction of sp³-hybridized carbons (Fsp3) is 0.789. The first kappa shape index (κ1) is 20.5. The summed E-state index contributed by atoms with van der Waals surface area (Å²) in [6.45, 7) is 8.39. The molecule has 1 fully saturated rings. The predicted molar refractivity (Wildman–Crippen MR) is 115 cm³/mol. The van der Waals surface area contributed by atoms with Crippen molar-refractivity contribution in [2.75, 3.05) is 13.1 Å². The smallest absolute Gasteiger partial charge is 0.191 e. The molecule has 0 bridgehead atoms. The van der Waals surface area contributed by atoms with Gasteiger partial charge in [0, 0.05) is 37.8 Å². The Hall–Kier alpha value is -0.790. The lowest BCUT2D eigenvalue weighted by Crippen LogP contribution is -2.45. The summed E-state index contributed by atoms with van der Waals surface area (Å²) in [7, 11) is 0. The van der Waals surface area contributed by atoms with Gasteiger partial charge in [-0.25, -0.2) is 0 Å². The standard InChI is InChI=1S/C19H33N5.HI/c1-4-20-19(21-12-15-7-5-6-8-15)22-17-10-9-16-13-24(14(2)3)23-18(16)11-17;/h13-15,17H,4-12H2,1-3H3,(H2,20,21,22);1H. The fourth-order valence-electron chi connectivity index (χ4n) is 3.83. The van der Waals surface area contributed by atoms with Crippen LogP contribution in [0.2, 0.25) is 0 Å². The van der Waals surface area contributed by atoms with Crippen LogP contribution in [0.3, 0.4) is 0 Å². The van der Waals surface area contributed by atoms with E-state index in [9.17, 15) is 0 Å². The second kappa shape index (κ2) is 9.78. The zero-order valence-corrected chi connectivity index (χ0v) is 18.3. The van der Waals surface area contributed by atoms with Gasteiger partial charge in [-0.2, -0.15) is 5.10 Å². The Morgan fingerprint density at radius 1 is 1.32 bits per heavy atom. The molecule has 5 nitrogen and oxygen atoms in total. The van der Waals surface area contributed by atoms with Crippen LogP contribution in [-0.4, -0.2) is 34.9 Å². The zero-order chi connectivity index (χ0) is 16.9. The molecule has 2 aliphatic carbocycles. The maximum absolute atomic E-state index is 4.85. The summed E-state index contributed by atoms with van der Waals surface area (Å²) < 4.78 is 2.10. The molecule has 0 spiro atoms. The van der Waals surface area contributed by atoms with Crippen molar-refractivity contribution in [1.29, 1.82) is 0 Å². The van der Waals surface area contributed by atoms with E-state index in [1.807, 2.05) is 0 Å². The third-order valence-electron chi connectivity index (χ3n) is 5.29. The molecule has 0 aromatic carbocycles. The summed E-state index contributed by atoms with van der Waals surface area (Å²) in [4.78, 5) is 4.85. The Bertz CT molecular complexity index is 560. The highest BCUT2D eigenvalue weighted by Crippen LogP contribution is 2.25. The molecule has 6 heteroatoms. The lowest BCUT2D eigenvalue weighted by atomic mass is 9.94. The van der Waals surface area contributed by atoms with Crippen LogP contribution in [0.5, 0.6) is 0 Å². The highest BCUT2D eigenvalue weighted by Gasteiger charge is 2.23. The molecule has 1 atom stereocenters. The van der Waals surface area contributed by atoms with E-state index < -0.39 is 0 Å². The molecule has 0 saturated heterocycles. The van der Waals surface area contributed by atoms with Gasteiger partial charge in [0.15, 0.2) is 5.96 Å².